The van der Waals surface area contributed by atoms with Crippen LogP contribution >= 0.6 is 11.6 Å². The maximum atomic E-state index is 13.0. The summed E-state index contributed by atoms with van der Waals surface area (Å²) in [6.45, 7) is 0.832. The van der Waals surface area contributed by atoms with Gasteiger partial charge < -0.3 is 9.30 Å². The van der Waals surface area contributed by atoms with Crippen LogP contribution in [0.1, 0.15) is 22.3 Å². The summed E-state index contributed by atoms with van der Waals surface area (Å²) in [5.41, 5.74) is 4.27. The zero-order chi connectivity index (χ0) is 22.4. The quantitative estimate of drug-likeness (QED) is 0.267. The van der Waals surface area contributed by atoms with Gasteiger partial charge in [-0.1, -0.05) is 65.9 Å². The van der Waals surface area contributed by atoms with Gasteiger partial charge in [0.2, 0.25) is 0 Å². The first-order chi connectivity index (χ1) is 16.2. The summed E-state index contributed by atoms with van der Waals surface area (Å²) in [6.07, 6.45) is 0. The highest BCUT2D eigenvalue weighted by atomic mass is 35.5. The van der Waals surface area contributed by atoms with Gasteiger partial charge >= 0.3 is 0 Å². The Labute approximate surface area is 195 Å². The molecule has 1 aliphatic heterocycles. The lowest BCUT2D eigenvalue weighted by Gasteiger charge is -2.22. The van der Waals surface area contributed by atoms with Gasteiger partial charge in [-0.25, -0.2) is 0 Å². The molecule has 0 radical (unpaired) electrons. The molecule has 6 rings (SSSR count). The zero-order valence-electron chi connectivity index (χ0n) is 17.6. The fraction of sp³-hybridized carbons (Fsp3) is 0.0690. The van der Waals surface area contributed by atoms with E-state index in [2.05, 4.69) is 36.1 Å². The van der Waals surface area contributed by atoms with Crippen molar-refractivity contribution < 1.29 is 4.74 Å². The Balaban J connectivity index is 1.60. The van der Waals surface area contributed by atoms with Crippen LogP contribution in [0.2, 0.25) is 5.02 Å². The van der Waals surface area contributed by atoms with E-state index in [9.17, 15) is 4.79 Å². The van der Waals surface area contributed by atoms with E-state index in [1.54, 1.807) is 16.7 Å². The number of hydrogen-bond acceptors (Lipinski definition) is 2. The van der Waals surface area contributed by atoms with Crippen molar-refractivity contribution in [1.29, 1.82) is 0 Å². The van der Waals surface area contributed by atoms with Crippen molar-refractivity contribution in [2.45, 2.75) is 13.2 Å². The summed E-state index contributed by atoms with van der Waals surface area (Å²) in [4.78, 5) is 13.0. The minimum absolute atomic E-state index is 0.0995. The molecular weight excluding hydrogens is 430 g/mol. The average Bonchev–Trinajstić information content (AvgIpc) is 2.83. The third kappa shape index (κ3) is 3.46. The van der Waals surface area contributed by atoms with Crippen LogP contribution in [0.15, 0.2) is 89.7 Å². The van der Waals surface area contributed by atoms with Gasteiger partial charge in [-0.2, -0.15) is 0 Å². The van der Waals surface area contributed by atoms with Crippen LogP contribution in [0.5, 0.6) is 5.75 Å². The second-order valence-electron chi connectivity index (χ2n) is 8.13. The summed E-state index contributed by atoms with van der Waals surface area (Å²) in [5.74, 6) is 7.00. The lowest BCUT2D eigenvalue weighted by atomic mass is 10.00. The Morgan fingerprint density at radius 1 is 0.818 bits per heavy atom. The van der Waals surface area contributed by atoms with Crippen LogP contribution in [0, 0.1) is 11.8 Å². The van der Waals surface area contributed by atoms with Gasteiger partial charge in [0.15, 0.2) is 5.75 Å². The first-order valence-corrected chi connectivity index (χ1v) is 11.1. The van der Waals surface area contributed by atoms with E-state index in [1.807, 2.05) is 48.5 Å². The zero-order valence-corrected chi connectivity index (χ0v) is 18.4. The van der Waals surface area contributed by atoms with E-state index >= 15 is 0 Å². The SMILES string of the molecule is O=c1ccc2c(Cl)cc(C#Cc3ccccc3)c3c2n1Cc1cc2ccccc2cc1CO3. The molecule has 0 aliphatic carbocycles. The molecule has 0 saturated carbocycles. The average molecular weight is 448 g/mol. The maximum Gasteiger partial charge on any atom is 0.251 e. The Hall–Kier alpha value is -4.00. The number of nitrogens with zero attached hydrogens (tertiary/aromatic N) is 1. The number of aromatic nitrogens is 1. The molecule has 0 fully saturated rings. The number of benzene rings is 4. The smallest absolute Gasteiger partial charge is 0.251 e. The molecule has 0 N–H and O–H groups in total. The van der Waals surface area contributed by atoms with Crippen LogP contribution in [0.4, 0.5) is 0 Å². The van der Waals surface area contributed by atoms with Crippen molar-refractivity contribution >= 4 is 33.3 Å². The molecule has 0 amide bonds. The third-order valence-corrected chi connectivity index (χ3v) is 6.37. The van der Waals surface area contributed by atoms with Gasteiger partial charge in [0, 0.05) is 17.0 Å². The number of halogens is 1. The lowest BCUT2D eigenvalue weighted by Crippen LogP contribution is -2.23. The predicted molar refractivity (Wildman–Crippen MR) is 133 cm³/mol. The topological polar surface area (TPSA) is 31.2 Å². The highest BCUT2D eigenvalue weighted by molar-refractivity contribution is 6.35. The van der Waals surface area contributed by atoms with Crippen LogP contribution in [-0.2, 0) is 13.2 Å². The van der Waals surface area contributed by atoms with Crippen LogP contribution in [-0.4, -0.2) is 4.57 Å². The highest BCUT2D eigenvalue weighted by Gasteiger charge is 2.20. The van der Waals surface area contributed by atoms with Crippen molar-refractivity contribution in [3.05, 3.63) is 123 Å². The lowest BCUT2D eigenvalue weighted by molar-refractivity contribution is 0.304. The second-order valence-corrected chi connectivity index (χ2v) is 8.54. The number of ether oxygens (including phenoxy) is 1. The van der Waals surface area contributed by atoms with Crippen LogP contribution < -0.4 is 10.3 Å². The minimum Gasteiger partial charge on any atom is -0.485 e. The second kappa shape index (κ2) is 7.85. The standard InChI is InChI=1S/C29H18ClNO2/c30-26-16-22(11-10-19-6-2-1-3-7-19)29-28-25(26)12-13-27(32)31(28)17-23-14-20-8-4-5-9-21(20)15-24(23)18-33-29/h1-9,12-16H,17-18H2. The molecule has 4 heteroatoms. The highest BCUT2D eigenvalue weighted by Crippen LogP contribution is 2.37. The maximum absolute atomic E-state index is 13.0. The van der Waals surface area contributed by atoms with Crippen LogP contribution in [0.3, 0.4) is 0 Å². The normalized spacial score (nSPS) is 12.3. The Morgan fingerprint density at radius 2 is 1.55 bits per heavy atom. The molecule has 158 valence electrons. The molecule has 4 aromatic carbocycles. The fourth-order valence-corrected chi connectivity index (χ4v) is 4.67. The van der Waals surface area contributed by atoms with Crippen molar-refractivity contribution in [3.63, 3.8) is 0 Å². The molecule has 5 aromatic rings. The Bertz CT molecular complexity index is 1670. The molecule has 0 bridgehead atoms. The van der Waals surface area contributed by atoms with Gasteiger partial charge in [-0.3, -0.25) is 4.79 Å². The van der Waals surface area contributed by atoms with E-state index in [-0.39, 0.29) is 5.56 Å². The summed E-state index contributed by atoms with van der Waals surface area (Å²) >= 11 is 6.66. The molecule has 3 nitrogen and oxygen atoms in total. The molecule has 33 heavy (non-hydrogen) atoms. The predicted octanol–water partition coefficient (Wildman–Crippen LogP) is 6.15. The molecule has 0 unspecified atom stereocenters. The van der Waals surface area contributed by atoms with Crippen LogP contribution in [0.25, 0.3) is 21.7 Å². The largest absolute Gasteiger partial charge is 0.485 e. The summed E-state index contributed by atoms with van der Waals surface area (Å²) in [5, 5.41) is 3.60. The Morgan fingerprint density at radius 3 is 2.33 bits per heavy atom. The number of pyridine rings is 1. The molecule has 2 heterocycles. The van der Waals surface area contributed by atoms with Crippen molar-refractivity contribution in [2.24, 2.45) is 0 Å². The minimum atomic E-state index is -0.0995. The van der Waals surface area contributed by atoms with E-state index in [0.717, 1.165) is 32.8 Å². The number of fused-ring (bicyclic) bond motifs is 2. The fourth-order valence-electron chi connectivity index (χ4n) is 4.41. The van der Waals surface area contributed by atoms with Gasteiger partial charge in [0.1, 0.15) is 6.61 Å². The Kier molecular flexibility index (Phi) is 4.68. The van der Waals surface area contributed by atoms with Crippen molar-refractivity contribution in [2.75, 3.05) is 0 Å². The summed E-state index contributed by atoms with van der Waals surface area (Å²) in [6, 6.07) is 27.4. The third-order valence-electron chi connectivity index (χ3n) is 6.06. The first kappa shape index (κ1) is 19.7. The van der Waals surface area contributed by atoms with Crippen molar-refractivity contribution in [1.82, 2.24) is 4.57 Å². The van der Waals surface area contributed by atoms with Gasteiger partial charge in [0.25, 0.3) is 5.56 Å². The summed E-state index contributed by atoms with van der Waals surface area (Å²) in [7, 11) is 0. The van der Waals surface area contributed by atoms with E-state index < -0.39 is 0 Å². The van der Waals surface area contributed by atoms with Crippen molar-refractivity contribution in [3.8, 4) is 17.6 Å². The first-order valence-electron chi connectivity index (χ1n) is 10.7. The van der Waals surface area contributed by atoms with Gasteiger partial charge in [-0.05, 0) is 58.3 Å². The van der Waals surface area contributed by atoms with Gasteiger partial charge in [-0.15, -0.1) is 0 Å². The molecule has 0 saturated heterocycles. The number of rotatable bonds is 0. The molecule has 1 aliphatic rings. The molecule has 0 atom stereocenters. The summed E-state index contributed by atoms with van der Waals surface area (Å²) < 4.78 is 8.13. The molecular formula is C29H18ClNO2. The number of hydrogen-bond donors (Lipinski definition) is 0. The van der Waals surface area contributed by atoms with E-state index in [1.165, 1.54) is 0 Å². The molecule has 0 spiro atoms. The van der Waals surface area contributed by atoms with E-state index in [4.69, 9.17) is 16.3 Å². The monoisotopic (exact) mass is 447 g/mol. The van der Waals surface area contributed by atoms with E-state index in [0.29, 0.717) is 35.0 Å². The molecule has 1 aromatic heterocycles. The van der Waals surface area contributed by atoms with Gasteiger partial charge in [0.05, 0.1) is 22.6 Å².